The highest BCUT2D eigenvalue weighted by Crippen LogP contribution is 2.39. The maximum atomic E-state index is 6.21. The number of benzene rings is 1. The second-order valence-electron chi connectivity index (χ2n) is 6.48. The number of aromatic nitrogens is 2. The third kappa shape index (κ3) is 2.78. The van der Waals surface area contributed by atoms with Crippen LogP contribution in [-0.2, 0) is 12.8 Å². The van der Waals surface area contributed by atoms with Gasteiger partial charge >= 0.3 is 0 Å². The van der Waals surface area contributed by atoms with E-state index in [2.05, 4.69) is 47.3 Å². The van der Waals surface area contributed by atoms with Gasteiger partial charge in [0, 0.05) is 10.6 Å². The number of halogens is 1. The molecule has 1 aromatic carbocycles. The zero-order valence-corrected chi connectivity index (χ0v) is 15.5. The van der Waals surface area contributed by atoms with Crippen molar-refractivity contribution in [2.75, 3.05) is 5.32 Å². The molecule has 24 heavy (non-hydrogen) atoms. The van der Waals surface area contributed by atoms with Crippen LogP contribution in [0.25, 0.3) is 10.2 Å². The Morgan fingerprint density at radius 3 is 2.58 bits per heavy atom. The molecule has 1 aliphatic rings. The highest BCUT2D eigenvalue weighted by molar-refractivity contribution is 7.19. The minimum Gasteiger partial charge on any atom is -0.339 e. The van der Waals surface area contributed by atoms with Gasteiger partial charge in [-0.2, -0.15) is 4.98 Å². The number of nitrogens with zero attached hydrogens (tertiary/aromatic N) is 2. The molecule has 1 N–H and O–H groups in total. The first kappa shape index (κ1) is 15.9. The molecule has 0 fully saturated rings. The highest BCUT2D eigenvalue weighted by Gasteiger charge is 2.20. The summed E-state index contributed by atoms with van der Waals surface area (Å²) in [4.78, 5) is 11.5. The molecule has 2 aromatic heterocycles. The SMILES string of the molecule is Cc1cccc(C)c1Nc1nc(Cl)nc2sc3c(c12)CCCCC3. The minimum atomic E-state index is 0.313. The Balaban J connectivity index is 1.89. The summed E-state index contributed by atoms with van der Waals surface area (Å²) < 4.78 is 0. The van der Waals surface area contributed by atoms with Gasteiger partial charge in [0.2, 0.25) is 5.28 Å². The number of thiophene rings is 1. The second-order valence-corrected chi connectivity index (χ2v) is 7.90. The lowest BCUT2D eigenvalue weighted by Gasteiger charge is -2.13. The van der Waals surface area contributed by atoms with Crippen LogP contribution in [-0.4, -0.2) is 9.97 Å². The van der Waals surface area contributed by atoms with E-state index in [0.717, 1.165) is 29.2 Å². The Hall–Kier alpha value is -1.65. The smallest absolute Gasteiger partial charge is 0.225 e. The molecule has 5 heteroatoms. The van der Waals surface area contributed by atoms with Gasteiger partial charge in [0.15, 0.2) is 0 Å². The summed E-state index contributed by atoms with van der Waals surface area (Å²) >= 11 is 7.99. The molecule has 3 aromatic rings. The maximum Gasteiger partial charge on any atom is 0.225 e. The van der Waals surface area contributed by atoms with Crippen LogP contribution in [0.1, 0.15) is 40.8 Å². The monoisotopic (exact) mass is 357 g/mol. The molecular weight excluding hydrogens is 338 g/mol. The molecule has 0 amide bonds. The van der Waals surface area contributed by atoms with E-state index < -0.39 is 0 Å². The summed E-state index contributed by atoms with van der Waals surface area (Å²) in [6.45, 7) is 4.23. The normalized spacial score (nSPS) is 14.5. The number of para-hydroxylation sites is 1. The van der Waals surface area contributed by atoms with Crippen molar-refractivity contribution in [1.82, 2.24) is 9.97 Å². The number of nitrogens with one attached hydrogen (secondary N) is 1. The molecule has 0 bridgehead atoms. The van der Waals surface area contributed by atoms with Crippen LogP contribution in [0, 0.1) is 13.8 Å². The van der Waals surface area contributed by atoms with E-state index in [-0.39, 0.29) is 0 Å². The predicted octanol–water partition coefficient (Wildman–Crippen LogP) is 5.97. The molecule has 3 nitrogen and oxygen atoms in total. The molecular formula is C19H20ClN3S. The van der Waals surface area contributed by atoms with Crippen molar-refractivity contribution in [3.05, 3.63) is 45.1 Å². The van der Waals surface area contributed by atoms with E-state index in [0.29, 0.717) is 5.28 Å². The van der Waals surface area contributed by atoms with Crippen molar-refractivity contribution in [3.63, 3.8) is 0 Å². The number of aryl methyl sites for hydroxylation is 4. The van der Waals surface area contributed by atoms with Crippen molar-refractivity contribution < 1.29 is 0 Å². The van der Waals surface area contributed by atoms with Gasteiger partial charge in [0.1, 0.15) is 10.6 Å². The topological polar surface area (TPSA) is 37.8 Å². The van der Waals surface area contributed by atoms with Crippen LogP contribution >= 0.6 is 22.9 Å². The molecule has 1 aliphatic carbocycles. The average molecular weight is 358 g/mol. The van der Waals surface area contributed by atoms with Gasteiger partial charge < -0.3 is 5.32 Å². The van der Waals surface area contributed by atoms with Crippen molar-refractivity contribution in [3.8, 4) is 0 Å². The van der Waals surface area contributed by atoms with Crippen LogP contribution in [0.2, 0.25) is 5.28 Å². The number of rotatable bonds is 2. The fourth-order valence-electron chi connectivity index (χ4n) is 3.53. The second kappa shape index (κ2) is 6.34. The van der Waals surface area contributed by atoms with E-state index in [1.54, 1.807) is 11.3 Å². The lowest BCUT2D eigenvalue weighted by molar-refractivity contribution is 0.713. The number of hydrogen-bond acceptors (Lipinski definition) is 4. The first-order chi connectivity index (χ1) is 11.6. The van der Waals surface area contributed by atoms with Crippen molar-refractivity contribution in [2.45, 2.75) is 46.0 Å². The Labute approximate surface area is 151 Å². The van der Waals surface area contributed by atoms with E-state index in [9.17, 15) is 0 Å². The van der Waals surface area contributed by atoms with Gasteiger partial charge in [-0.1, -0.05) is 24.6 Å². The quantitative estimate of drug-likeness (QED) is 0.453. The molecule has 0 spiro atoms. The fraction of sp³-hybridized carbons (Fsp3) is 0.368. The molecule has 0 saturated heterocycles. The molecule has 124 valence electrons. The summed E-state index contributed by atoms with van der Waals surface area (Å²) in [6.07, 6.45) is 6.07. The zero-order chi connectivity index (χ0) is 16.7. The van der Waals surface area contributed by atoms with Gasteiger partial charge in [-0.25, -0.2) is 4.98 Å². The molecule has 4 rings (SSSR count). The van der Waals surface area contributed by atoms with Crippen LogP contribution in [0.15, 0.2) is 18.2 Å². The Kier molecular flexibility index (Phi) is 4.19. The van der Waals surface area contributed by atoms with Crippen LogP contribution in [0.5, 0.6) is 0 Å². The van der Waals surface area contributed by atoms with Gasteiger partial charge in [-0.05, 0) is 67.8 Å². The first-order valence-corrected chi connectivity index (χ1v) is 9.64. The van der Waals surface area contributed by atoms with Gasteiger partial charge in [-0.3, -0.25) is 0 Å². The van der Waals surface area contributed by atoms with E-state index in [4.69, 9.17) is 11.6 Å². The molecule has 0 saturated carbocycles. The Morgan fingerprint density at radius 2 is 1.79 bits per heavy atom. The van der Waals surface area contributed by atoms with Crippen molar-refractivity contribution >= 4 is 44.7 Å². The van der Waals surface area contributed by atoms with Gasteiger partial charge in [0.25, 0.3) is 0 Å². The highest BCUT2D eigenvalue weighted by atomic mass is 35.5. The minimum absolute atomic E-state index is 0.313. The molecule has 2 heterocycles. The van der Waals surface area contributed by atoms with E-state index >= 15 is 0 Å². The molecule has 0 unspecified atom stereocenters. The summed E-state index contributed by atoms with van der Waals surface area (Å²) in [5.41, 5.74) is 4.96. The molecule has 0 radical (unpaired) electrons. The average Bonchev–Trinajstić information content (AvgIpc) is 2.73. The number of anilines is 2. The lowest BCUT2D eigenvalue weighted by Crippen LogP contribution is -2.01. The molecule has 0 aliphatic heterocycles. The molecule has 0 atom stereocenters. The van der Waals surface area contributed by atoms with Gasteiger partial charge in [-0.15, -0.1) is 11.3 Å². The van der Waals surface area contributed by atoms with Crippen molar-refractivity contribution in [1.29, 1.82) is 0 Å². The summed E-state index contributed by atoms with van der Waals surface area (Å²) in [5.74, 6) is 0.849. The Morgan fingerprint density at radius 1 is 1.04 bits per heavy atom. The lowest BCUT2D eigenvalue weighted by atomic mass is 10.1. The standard InChI is InChI=1S/C19H20ClN3S/c1-11-7-6-8-12(2)16(11)21-17-15-13-9-4-3-5-10-14(13)24-18(15)23-19(20)22-17/h6-8H,3-5,9-10H2,1-2H3,(H,21,22,23). The van der Waals surface area contributed by atoms with Crippen LogP contribution < -0.4 is 5.32 Å². The third-order valence-corrected chi connectivity index (χ3v) is 6.12. The van der Waals surface area contributed by atoms with Crippen LogP contribution in [0.3, 0.4) is 0 Å². The fourth-order valence-corrected chi connectivity index (χ4v) is 5.01. The summed E-state index contributed by atoms with van der Waals surface area (Å²) in [6, 6.07) is 6.31. The summed E-state index contributed by atoms with van der Waals surface area (Å²) in [5, 5.41) is 5.04. The van der Waals surface area contributed by atoms with Gasteiger partial charge in [0.05, 0.1) is 5.39 Å². The number of hydrogen-bond donors (Lipinski definition) is 1. The van der Waals surface area contributed by atoms with E-state index in [1.165, 1.54) is 46.2 Å². The number of fused-ring (bicyclic) bond motifs is 3. The summed E-state index contributed by atoms with van der Waals surface area (Å²) in [7, 11) is 0. The van der Waals surface area contributed by atoms with E-state index in [1.807, 2.05) is 0 Å². The van der Waals surface area contributed by atoms with Crippen LogP contribution in [0.4, 0.5) is 11.5 Å². The third-order valence-electron chi connectivity index (χ3n) is 4.76. The first-order valence-electron chi connectivity index (χ1n) is 8.44. The largest absolute Gasteiger partial charge is 0.339 e. The predicted molar refractivity (Wildman–Crippen MR) is 103 cm³/mol. The Bertz CT molecular complexity index is 896. The zero-order valence-electron chi connectivity index (χ0n) is 13.9. The van der Waals surface area contributed by atoms with Crippen molar-refractivity contribution in [2.24, 2.45) is 0 Å². The maximum absolute atomic E-state index is 6.21.